The molecule has 0 spiro atoms. The van der Waals surface area contributed by atoms with Gasteiger partial charge in [0.05, 0.1) is 0 Å². The monoisotopic (exact) mass is 208 g/mol. The Morgan fingerprint density at radius 3 is 2.15 bits per heavy atom. The molecular weight excluding hydrogens is 192 g/mol. The van der Waals surface area contributed by atoms with Crippen LogP contribution in [0.15, 0.2) is 0 Å². The molecule has 4 nitrogen and oxygen atoms in total. The van der Waals surface area contributed by atoms with E-state index in [9.17, 15) is 8.42 Å². The highest BCUT2D eigenvalue weighted by Gasteiger charge is 1.96. The Morgan fingerprint density at radius 2 is 2.08 bits per heavy atom. The van der Waals surface area contributed by atoms with Gasteiger partial charge in [-0.05, 0) is 6.42 Å². The fraction of sp³-hybridized carbons (Fsp3) is 0.750. The van der Waals surface area contributed by atoms with Gasteiger partial charge >= 0.3 is 0 Å². The van der Waals surface area contributed by atoms with Crippen LogP contribution in [0.2, 0.25) is 0 Å². The lowest BCUT2D eigenvalue weighted by Crippen LogP contribution is -1.99. The first-order chi connectivity index (χ1) is 5.97. The minimum absolute atomic E-state index is 0.604. The molecule has 13 heavy (non-hydrogen) atoms. The first-order valence-corrected chi connectivity index (χ1v) is 5.46. The van der Waals surface area contributed by atoms with Gasteiger partial charge in [0.1, 0.15) is 5.75 Å². The van der Waals surface area contributed by atoms with E-state index in [1.54, 1.807) is 13.0 Å². The van der Waals surface area contributed by atoms with Crippen molar-refractivity contribution < 1.29 is 17.7 Å². The lowest BCUT2D eigenvalue weighted by Gasteiger charge is -1.89. The Morgan fingerprint density at radius 1 is 1.54 bits per heavy atom. The van der Waals surface area contributed by atoms with Gasteiger partial charge in [-0.3, -0.25) is 4.55 Å². The number of hydrogen-bond acceptors (Lipinski definition) is 3. The number of hydrogen-bond donors (Lipinski definition) is 1. The van der Waals surface area contributed by atoms with Crippen LogP contribution in [0, 0.1) is 12.3 Å². The summed E-state index contributed by atoms with van der Waals surface area (Å²) in [4.78, 5) is 0. The predicted octanol–water partition coefficient (Wildman–Crippen LogP) is 0.940. The summed E-state index contributed by atoms with van der Waals surface area (Å²) < 4.78 is 31.9. The molecule has 0 amide bonds. The highest BCUT2D eigenvalue weighted by atomic mass is 32.2. The Balaban J connectivity index is 0. The molecule has 0 aliphatic heterocycles. The Hall–Kier alpha value is -0.570. The van der Waals surface area contributed by atoms with Crippen molar-refractivity contribution in [3.05, 3.63) is 0 Å². The summed E-state index contributed by atoms with van der Waals surface area (Å²) in [5.41, 5.74) is 0. The lowest BCUT2D eigenvalue weighted by molar-refractivity contribution is 0.194. The van der Waals surface area contributed by atoms with Crippen molar-refractivity contribution in [2.24, 2.45) is 0 Å². The zero-order valence-corrected chi connectivity index (χ0v) is 8.80. The number of terminal acetylenes is 1. The van der Waals surface area contributed by atoms with E-state index in [1.807, 2.05) is 0 Å². The van der Waals surface area contributed by atoms with Crippen molar-refractivity contribution in [3.63, 3.8) is 0 Å². The topological polar surface area (TPSA) is 63.6 Å². The summed E-state index contributed by atoms with van der Waals surface area (Å²) in [7, 11) is -2.18. The number of ether oxygens (including phenoxy) is 1. The van der Waals surface area contributed by atoms with Gasteiger partial charge in [0, 0.05) is 13.7 Å². The predicted molar refractivity (Wildman–Crippen MR) is 52.0 cm³/mol. The van der Waals surface area contributed by atoms with Gasteiger partial charge in [0.15, 0.2) is 0 Å². The molecule has 0 saturated heterocycles. The van der Waals surface area contributed by atoms with Crippen LogP contribution < -0.4 is 0 Å². The molecule has 0 bridgehead atoms. The van der Waals surface area contributed by atoms with E-state index >= 15 is 0 Å². The van der Waals surface area contributed by atoms with Crippen molar-refractivity contribution in [1.29, 1.82) is 0 Å². The van der Waals surface area contributed by atoms with E-state index in [0.717, 1.165) is 6.61 Å². The highest BCUT2D eigenvalue weighted by molar-refractivity contribution is 7.86. The van der Waals surface area contributed by atoms with E-state index in [4.69, 9.17) is 9.29 Å². The normalized spacial score (nSPS) is 9.69. The molecule has 0 saturated carbocycles. The molecule has 0 aromatic rings. The third-order valence-corrected chi connectivity index (χ3v) is 1.50. The minimum atomic E-state index is -3.91. The maximum absolute atomic E-state index is 9.64. The second-order valence-electron chi connectivity index (χ2n) is 2.28. The van der Waals surface area contributed by atoms with Crippen molar-refractivity contribution in [3.8, 4) is 12.3 Å². The molecule has 5 heteroatoms. The molecule has 0 unspecified atom stereocenters. The van der Waals surface area contributed by atoms with Crippen LogP contribution >= 0.6 is 0 Å². The summed E-state index contributed by atoms with van der Waals surface area (Å²) in [6, 6.07) is 0. The highest BCUT2D eigenvalue weighted by Crippen LogP contribution is 1.83. The molecule has 1 N–H and O–H groups in total. The van der Waals surface area contributed by atoms with Gasteiger partial charge in [-0.15, -0.1) is 6.42 Å². The van der Waals surface area contributed by atoms with Crippen LogP contribution in [0.5, 0.6) is 0 Å². The standard InChI is InChI=1S/C5H12O.C3H4O3S/c1-3-4-5-6-2;1-2-3-7(4,5)6/h3-5H2,1-2H3;1H,3H2,(H,4,5,6). The third-order valence-electron chi connectivity index (χ3n) is 0.968. The van der Waals surface area contributed by atoms with Crippen LogP contribution in [0.1, 0.15) is 19.8 Å². The van der Waals surface area contributed by atoms with Gasteiger partial charge in [0.2, 0.25) is 0 Å². The Bertz CT molecular complexity index is 221. The molecule has 0 aliphatic carbocycles. The molecule has 0 atom stereocenters. The first-order valence-electron chi connectivity index (χ1n) is 3.85. The molecule has 0 aliphatic rings. The van der Waals surface area contributed by atoms with E-state index in [2.05, 4.69) is 13.3 Å². The molecule has 0 aromatic carbocycles. The number of methoxy groups -OCH3 is 1. The molecule has 0 rings (SSSR count). The zero-order chi connectivity index (χ0) is 10.7. The number of rotatable bonds is 4. The maximum Gasteiger partial charge on any atom is 0.276 e. The second-order valence-corrected chi connectivity index (χ2v) is 3.73. The molecule has 0 fully saturated rings. The zero-order valence-electron chi connectivity index (χ0n) is 7.99. The van der Waals surface area contributed by atoms with E-state index in [0.29, 0.717) is 0 Å². The summed E-state index contributed by atoms with van der Waals surface area (Å²) in [5.74, 6) is 1.17. The maximum atomic E-state index is 9.64. The fourth-order valence-electron chi connectivity index (χ4n) is 0.394. The summed E-state index contributed by atoms with van der Waals surface area (Å²) >= 11 is 0. The molecule has 0 aromatic heterocycles. The molecular formula is C8H16O4S. The SMILES string of the molecule is C#CCS(=O)(=O)O.CCCCOC. The Labute approximate surface area is 80.0 Å². The molecule has 0 radical (unpaired) electrons. The summed E-state index contributed by atoms with van der Waals surface area (Å²) in [6.45, 7) is 3.07. The fourth-order valence-corrected chi connectivity index (χ4v) is 0.605. The van der Waals surface area contributed by atoms with Crippen molar-refractivity contribution in [2.75, 3.05) is 19.5 Å². The first kappa shape index (κ1) is 14.9. The summed E-state index contributed by atoms with van der Waals surface area (Å²) in [5, 5.41) is 0. The largest absolute Gasteiger partial charge is 0.385 e. The number of unbranched alkanes of at least 4 members (excludes halogenated alkanes) is 1. The summed E-state index contributed by atoms with van der Waals surface area (Å²) in [6.07, 6.45) is 6.95. The van der Waals surface area contributed by atoms with Crippen LogP contribution in [0.4, 0.5) is 0 Å². The van der Waals surface area contributed by atoms with E-state index in [-0.39, 0.29) is 0 Å². The van der Waals surface area contributed by atoms with Gasteiger partial charge in [-0.2, -0.15) is 8.42 Å². The quantitative estimate of drug-likeness (QED) is 0.424. The van der Waals surface area contributed by atoms with Crippen LogP contribution in [-0.2, 0) is 14.9 Å². The Kier molecular flexibility index (Phi) is 10.9. The van der Waals surface area contributed by atoms with Crippen LogP contribution in [0.3, 0.4) is 0 Å². The average molecular weight is 208 g/mol. The molecule has 0 heterocycles. The third kappa shape index (κ3) is 24.6. The van der Waals surface area contributed by atoms with Crippen LogP contribution in [-0.4, -0.2) is 32.4 Å². The van der Waals surface area contributed by atoms with Gasteiger partial charge in [-0.25, -0.2) is 0 Å². The van der Waals surface area contributed by atoms with Crippen LogP contribution in [0.25, 0.3) is 0 Å². The van der Waals surface area contributed by atoms with E-state index < -0.39 is 15.9 Å². The van der Waals surface area contributed by atoms with Gasteiger partial charge < -0.3 is 4.74 Å². The smallest absolute Gasteiger partial charge is 0.276 e. The minimum Gasteiger partial charge on any atom is -0.385 e. The average Bonchev–Trinajstić information content (AvgIpc) is 1.99. The molecule has 78 valence electrons. The van der Waals surface area contributed by atoms with Gasteiger partial charge in [-0.1, -0.05) is 19.3 Å². The van der Waals surface area contributed by atoms with Gasteiger partial charge in [0.25, 0.3) is 10.1 Å². The van der Waals surface area contributed by atoms with Crippen molar-refractivity contribution in [2.45, 2.75) is 19.8 Å². The lowest BCUT2D eigenvalue weighted by atomic mass is 10.4. The van der Waals surface area contributed by atoms with Crippen molar-refractivity contribution in [1.82, 2.24) is 0 Å². The second kappa shape index (κ2) is 9.52. The van der Waals surface area contributed by atoms with Crippen molar-refractivity contribution >= 4 is 10.1 Å². The van der Waals surface area contributed by atoms with E-state index in [1.165, 1.54) is 12.8 Å².